The van der Waals surface area contributed by atoms with Crippen LogP contribution in [0.3, 0.4) is 0 Å². The quantitative estimate of drug-likeness (QED) is 0.419. The molecule has 2 aromatic heterocycles. The molecule has 5 heteroatoms. The summed E-state index contributed by atoms with van der Waals surface area (Å²) < 4.78 is 5.49. The van der Waals surface area contributed by atoms with Gasteiger partial charge in [-0.25, -0.2) is 9.78 Å². The molecule has 0 spiro atoms. The van der Waals surface area contributed by atoms with E-state index in [0.717, 1.165) is 10.1 Å². The van der Waals surface area contributed by atoms with Crippen molar-refractivity contribution in [3.8, 4) is 0 Å². The lowest BCUT2D eigenvalue weighted by Crippen LogP contribution is -2.28. The molecule has 0 unspecified atom stereocenters. The number of fused-ring (bicyclic) bond motifs is 1. The zero-order valence-corrected chi connectivity index (χ0v) is 8.04. The average molecular weight is 205 g/mol. The molecular weight excluding hydrogens is 196 g/mol. The fourth-order valence-electron chi connectivity index (χ4n) is 1.28. The first-order valence-corrected chi connectivity index (χ1v) is 4.30. The third kappa shape index (κ3) is 1.71. The van der Waals surface area contributed by atoms with Crippen LogP contribution in [0.25, 0.3) is 10.9 Å². The summed E-state index contributed by atoms with van der Waals surface area (Å²) in [5.41, 5.74) is 0.879. The SMILES string of the molecule is COC(=O)c1ccc2c[n+](O)ccc2n1. The smallest absolute Gasteiger partial charge is 0.356 e. The molecule has 0 atom stereocenters. The number of nitrogens with zero attached hydrogens (tertiary/aromatic N) is 2. The van der Waals surface area contributed by atoms with Crippen LogP contribution in [-0.2, 0) is 4.74 Å². The molecule has 0 saturated carbocycles. The minimum absolute atomic E-state index is 0.251. The number of esters is 1. The van der Waals surface area contributed by atoms with Gasteiger partial charge in [0, 0.05) is 10.8 Å². The summed E-state index contributed by atoms with van der Waals surface area (Å²) in [6, 6.07) is 4.86. The summed E-state index contributed by atoms with van der Waals surface area (Å²) in [6.45, 7) is 0. The average Bonchev–Trinajstić information content (AvgIpc) is 2.27. The topological polar surface area (TPSA) is 63.3 Å². The van der Waals surface area contributed by atoms with E-state index >= 15 is 0 Å². The second-order valence-corrected chi connectivity index (χ2v) is 2.99. The van der Waals surface area contributed by atoms with E-state index in [9.17, 15) is 4.79 Å². The standard InChI is InChI=1S/C10H9N2O3/c1-15-10(13)9-3-2-7-6-12(14)5-4-8(7)11-9/h2-6,14H,1H3/q+1. The Balaban J connectivity index is 2.57. The summed E-state index contributed by atoms with van der Waals surface area (Å²) in [5, 5.41) is 9.90. The van der Waals surface area contributed by atoms with E-state index in [1.165, 1.54) is 19.5 Å². The highest BCUT2D eigenvalue weighted by Crippen LogP contribution is 2.09. The van der Waals surface area contributed by atoms with E-state index in [1.807, 2.05) is 0 Å². The molecular formula is C10H9N2O3+. The molecule has 0 bridgehead atoms. The number of methoxy groups -OCH3 is 1. The molecule has 2 aromatic rings. The molecule has 0 fully saturated rings. The van der Waals surface area contributed by atoms with Crippen molar-refractivity contribution in [2.75, 3.05) is 7.11 Å². The van der Waals surface area contributed by atoms with Crippen molar-refractivity contribution in [1.82, 2.24) is 4.98 Å². The minimum atomic E-state index is -0.474. The number of hydrogen-bond acceptors (Lipinski definition) is 4. The van der Waals surface area contributed by atoms with Crippen molar-refractivity contribution in [1.29, 1.82) is 0 Å². The van der Waals surface area contributed by atoms with Gasteiger partial charge in [0.25, 0.3) is 0 Å². The lowest BCUT2D eigenvalue weighted by molar-refractivity contribution is -0.904. The van der Waals surface area contributed by atoms with Crippen LogP contribution < -0.4 is 4.73 Å². The van der Waals surface area contributed by atoms with Crippen molar-refractivity contribution in [3.05, 3.63) is 36.3 Å². The highest BCUT2D eigenvalue weighted by atomic mass is 16.5. The Kier molecular flexibility index (Phi) is 2.21. The first-order valence-electron chi connectivity index (χ1n) is 4.30. The zero-order chi connectivity index (χ0) is 10.8. The van der Waals surface area contributed by atoms with Crippen molar-refractivity contribution in [2.24, 2.45) is 0 Å². The summed E-state index contributed by atoms with van der Waals surface area (Å²) >= 11 is 0. The summed E-state index contributed by atoms with van der Waals surface area (Å²) in [5.74, 6) is -0.474. The Morgan fingerprint density at radius 3 is 3.00 bits per heavy atom. The second kappa shape index (κ2) is 3.53. The van der Waals surface area contributed by atoms with Crippen molar-refractivity contribution in [2.45, 2.75) is 0 Å². The fraction of sp³-hybridized carbons (Fsp3) is 0.100. The lowest BCUT2D eigenvalue weighted by Gasteiger charge is -1.98. The molecule has 0 aliphatic carbocycles. The van der Waals surface area contributed by atoms with E-state index in [-0.39, 0.29) is 5.69 Å². The van der Waals surface area contributed by atoms with Gasteiger partial charge < -0.3 is 4.74 Å². The van der Waals surface area contributed by atoms with Crippen LogP contribution in [0.5, 0.6) is 0 Å². The maximum absolute atomic E-state index is 11.2. The Morgan fingerprint density at radius 1 is 1.47 bits per heavy atom. The number of carbonyl (C=O) groups excluding carboxylic acids is 1. The first-order chi connectivity index (χ1) is 7.20. The van der Waals surface area contributed by atoms with Gasteiger partial charge in [-0.15, -0.1) is 0 Å². The molecule has 15 heavy (non-hydrogen) atoms. The monoisotopic (exact) mass is 205 g/mol. The molecule has 0 aromatic carbocycles. The van der Waals surface area contributed by atoms with Gasteiger partial charge in [0.15, 0.2) is 0 Å². The minimum Gasteiger partial charge on any atom is -0.464 e. The molecule has 0 amide bonds. The Morgan fingerprint density at radius 2 is 2.27 bits per heavy atom. The van der Waals surface area contributed by atoms with Gasteiger partial charge in [-0.2, -0.15) is 0 Å². The molecule has 0 saturated heterocycles. The van der Waals surface area contributed by atoms with Crippen molar-refractivity contribution >= 4 is 16.9 Å². The van der Waals surface area contributed by atoms with E-state index in [1.54, 1.807) is 18.2 Å². The van der Waals surface area contributed by atoms with E-state index < -0.39 is 5.97 Å². The van der Waals surface area contributed by atoms with Crippen LogP contribution >= 0.6 is 0 Å². The number of pyridine rings is 2. The Hall–Kier alpha value is -2.17. The molecule has 2 rings (SSSR count). The normalized spacial score (nSPS) is 10.2. The van der Waals surface area contributed by atoms with Gasteiger partial charge in [0.1, 0.15) is 5.69 Å². The van der Waals surface area contributed by atoms with Crippen LogP contribution in [0.15, 0.2) is 30.6 Å². The molecule has 0 radical (unpaired) electrons. The second-order valence-electron chi connectivity index (χ2n) is 2.99. The molecule has 5 nitrogen and oxygen atoms in total. The van der Waals surface area contributed by atoms with Crippen LogP contribution in [-0.4, -0.2) is 23.3 Å². The number of hydrogen-bond donors (Lipinski definition) is 1. The van der Waals surface area contributed by atoms with E-state index in [4.69, 9.17) is 5.21 Å². The molecule has 2 heterocycles. The Bertz CT molecular complexity index is 525. The van der Waals surface area contributed by atoms with Gasteiger partial charge in [0.2, 0.25) is 12.4 Å². The molecule has 0 aliphatic rings. The zero-order valence-electron chi connectivity index (χ0n) is 8.04. The maximum Gasteiger partial charge on any atom is 0.356 e. The molecule has 76 valence electrons. The fourth-order valence-corrected chi connectivity index (χ4v) is 1.28. The van der Waals surface area contributed by atoms with Crippen LogP contribution in [0.4, 0.5) is 0 Å². The van der Waals surface area contributed by atoms with E-state index in [2.05, 4.69) is 9.72 Å². The Labute approximate surface area is 85.5 Å². The highest BCUT2D eigenvalue weighted by molar-refractivity contribution is 5.90. The third-order valence-corrected chi connectivity index (χ3v) is 2.01. The van der Waals surface area contributed by atoms with Gasteiger partial charge in [-0.05, 0) is 12.1 Å². The number of carbonyl (C=O) groups is 1. The highest BCUT2D eigenvalue weighted by Gasteiger charge is 2.09. The summed E-state index contributed by atoms with van der Waals surface area (Å²) in [7, 11) is 1.31. The van der Waals surface area contributed by atoms with Crippen LogP contribution in [0.1, 0.15) is 10.5 Å². The van der Waals surface area contributed by atoms with Crippen molar-refractivity contribution in [3.63, 3.8) is 0 Å². The predicted octanol–water partition coefficient (Wildman–Crippen LogP) is 0.546. The third-order valence-electron chi connectivity index (χ3n) is 2.01. The lowest BCUT2D eigenvalue weighted by atomic mass is 10.2. The summed E-state index contributed by atoms with van der Waals surface area (Å²) in [6.07, 6.45) is 2.94. The molecule has 1 N–H and O–H groups in total. The predicted molar refractivity (Wildman–Crippen MR) is 50.5 cm³/mol. The van der Waals surface area contributed by atoms with E-state index in [0.29, 0.717) is 5.52 Å². The number of rotatable bonds is 1. The molecule has 0 aliphatic heterocycles. The summed E-state index contributed by atoms with van der Waals surface area (Å²) in [4.78, 5) is 15.3. The van der Waals surface area contributed by atoms with Gasteiger partial charge in [-0.1, -0.05) is 0 Å². The largest absolute Gasteiger partial charge is 0.464 e. The van der Waals surface area contributed by atoms with Crippen LogP contribution in [0.2, 0.25) is 0 Å². The first kappa shape index (κ1) is 9.39. The van der Waals surface area contributed by atoms with Crippen LogP contribution in [0, 0.1) is 0 Å². The van der Waals surface area contributed by atoms with Crippen molar-refractivity contribution < 1.29 is 19.5 Å². The van der Waals surface area contributed by atoms with Gasteiger partial charge in [0.05, 0.1) is 18.0 Å². The van der Waals surface area contributed by atoms with Gasteiger partial charge >= 0.3 is 5.97 Å². The number of ether oxygens (including phenoxy) is 1. The maximum atomic E-state index is 11.2. The number of aromatic nitrogens is 2. The van der Waals surface area contributed by atoms with Gasteiger partial charge in [-0.3, -0.25) is 5.21 Å².